The molecule has 50 heavy (non-hydrogen) atoms. The van der Waals surface area contributed by atoms with Gasteiger partial charge in [-0.05, 0) is 117 Å². The first kappa shape index (κ1) is 37.9. The summed E-state index contributed by atoms with van der Waals surface area (Å²) in [6.07, 6.45) is 7.52. The minimum absolute atomic E-state index is 0.0164. The topological polar surface area (TPSA) is 107 Å². The number of carboxylic acids is 1. The molecule has 1 aliphatic heterocycles. The number of carbonyl (C=O) groups excluding carboxylic acids is 1. The molecule has 0 aromatic carbocycles. The first-order valence-corrected chi connectivity index (χ1v) is 19.5. The molecule has 6 rings (SSSR count). The second-order valence-corrected chi connectivity index (χ2v) is 19.5. The van der Waals surface area contributed by atoms with Crippen molar-refractivity contribution in [1.82, 2.24) is 19.7 Å². The summed E-state index contributed by atoms with van der Waals surface area (Å²) in [6, 6.07) is -0.178. The summed E-state index contributed by atoms with van der Waals surface area (Å²) in [5.41, 5.74) is -2.06. The van der Waals surface area contributed by atoms with Crippen molar-refractivity contribution in [2.24, 2.45) is 62.6 Å². The summed E-state index contributed by atoms with van der Waals surface area (Å²) in [5.74, 6) is -0.700. The number of halogens is 1. The lowest BCUT2D eigenvalue weighted by Gasteiger charge is -2.71. The van der Waals surface area contributed by atoms with E-state index in [0.29, 0.717) is 31.7 Å². The van der Waals surface area contributed by atoms with Gasteiger partial charge in [0.15, 0.2) is 5.78 Å². The molecule has 4 aliphatic carbocycles. The van der Waals surface area contributed by atoms with Gasteiger partial charge in [-0.3, -0.25) is 9.59 Å². The highest BCUT2D eigenvalue weighted by Crippen LogP contribution is 2.75. The van der Waals surface area contributed by atoms with E-state index in [-0.39, 0.29) is 51.9 Å². The molecule has 0 amide bonds. The standard InChI is InChI=1S/C40H63ClN4O5/c1-23(2)25(5)36(7)15-16-37(8)26-13-14-29-35(6)18-28(45-22-42-34(41)43-45)32(50-20-38(9,24(3)4)44(11)12)40(29,21-49-19-35)27(26)17-30(46)39(37,10)31(36)33(47)48/h17,22-26,28-29,31-32H,13-16,18-21H2,1-12H3,(H,47,48)/t25-,26+,28-,29-,31-,32+,35-,36-,37-,38?,39+,40+/m1/s1. The van der Waals surface area contributed by atoms with E-state index in [1.165, 1.54) is 0 Å². The number of carboxylic acid groups (broad SMARTS) is 1. The van der Waals surface area contributed by atoms with Crippen LogP contribution in [0.1, 0.15) is 107 Å². The van der Waals surface area contributed by atoms with Gasteiger partial charge in [0.1, 0.15) is 6.33 Å². The predicted molar refractivity (Wildman–Crippen MR) is 195 cm³/mol. The van der Waals surface area contributed by atoms with Crippen molar-refractivity contribution < 1.29 is 24.2 Å². The molecule has 1 N–H and O–H groups in total. The number of allylic oxidation sites excluding steroid dienone is 1. The highest BCUT2D eigenvalue weighted by atomic mass is 35.5. The third-order valence-corrected chi connectivity index (χ3v) is 16.7. The van der Waals surface area contributed by atoms with Gasteiger partial charge in [0.05, 0.1) is 37.9 Å². The lowest BCUT2D eigenvalue weighted by Crippen LogP contribution is -2.71. The zero-order valence-corrected chi connectivity index (χ0v) is 33.4. The van der Waals surface area contributed by atoms with Gasteiger partial charge in [0.25, 0.3) is 0 Å². The number of aliphatic carboxylic acids is 1. The number of hydrogen-bond acceptors (Lipinski definition) is 7. The summed E-state index contributed by atoms with van der Waals surface area (Å²) in [6.45, 7) is 23.5. The van der Waals surface area contributed by atoms with Gasteiger partial charge in [-0.15, -0.1) is 5.10 Å². The van der Waals surface area contributed by atoms with E-state index in [0.717, 1.165) is 37.7 Å². The molecule has 1 unspecified atom stereocenters. The lowest BCUT2D eigenvalue weighted by molar-refractivity contribution is -0.255. The second kappa shape index (κ2) is 12.4. The molecule has 1 aromatic rings. The molecule has 10 heteroatoms. The summed E-state index contributed by atoms with van der Waals surface area (Å²) < 4.78 is 15.9. The first-order valence-electron chi connectivity index (χ1n) is 19.1. The monoisotopic (exact) mass is 714 g/mol. The van der Waals surface area contributed by atoms with Crippen LogP contribution in [0.15, 0.2) is 18.0 Å². The fourth-order valence-electron chi connectivity index (χ4n) is 12.4. The van der Waals surface area contributed by atoms with E-state index in [9.17, 15) is 9.90 Å². The Kier molecular flexibility index (Phi) is 9.39. The number of hydrogen-bond donors (Lipinski definition) is 1. The molecule has 2 heterocycles. The van der Waals surface area contributed by atoms with Crippen molar-refractivity contribution in [1.29, 1.82) is 0 Å². The Morgan fingerprint density at radius 2 is 1.82 bits per heavy atom. The average Bonchev–Trinajstić information content (AvgIpc) is 3.46. The minimum atomic E-state index is -1.06. The molecule has 280 valence electrons. The molecular weight excluding hydrogens is 652 g/mol. The van der Waals surface area contributed by atoms with Crippen LogP contribution in [0.4, 0.5) is 0 Å². The van der Waals surface area contributed by atoms with Crippen molar-refractivity contribution in [3.63, 3.8) is 0 Å². The third kappa shape index (κ3) is 5.01. The number of fused-ring (bicyclic) bond motifs is 3. The molecule has 0 spiro atoms. The van der Waals surface area contributed by atoms with Gasteiger partial charge < -0.3 is 19.5 Å². The van der Waals surface area contributed by atoms with Crippen molar-refractivity contribution in [3.8, 4) is 0 Å². The quantitative estimate of drug-likeness (QED) is 0.279. The van der Waals surface area contributed by atoms with Gasteiger partial charge in [-0.25, -0.2) is 9.67 Å². The Bertz CT molecular complexity index is 1530. The van der Waals surface area contributed by atoms with Gasteiger partial charge in [0.2, 0.25) is 5.28 Å². The van der Waals surface area contributed by atoms with E-state index in [1.807, 2.05) is 17.7 Å². The van der Waals surface area contributed by atoms with Gasteiger partial charge in [-0.1, -0.05) is 67.9 Å². The number of carbonyl (C=O) groups is 2. The molecule has 1 aromatic heterocycles. The molecule has 12 atom stereocenters. The number of nitrogens with zero attached hydrogens (tertiary/aromatic N) is 4. The number of aromatic nitrogens is 3. The largest absolute Gasteiger partial charge is 0.481 e. The Morgan fingerprint density at radius 1 is 1.14 bits per heavy atom. The summed E-state index contributed by atoms with van der Waals surface area (Å²) >= 11 is 6.38. The van der Waals surface area contributed by atoms with Gasteiger partial charge in [0, 0.05) is 16.4 Å². The summed E-state index contributed by atoms with van der Waals surface area (Å²) in [4.78, 5) is 35.3. The van der Waals surface area contributed by atoms with Crippen LogP contribution in [0.3, 0.4) is 0 Å². The number of ether oxygens (including phenoxy) is 2. The van der Waals surface area contributed by atoms with E-state index in [2.05, 4.69) is 91.4 Å². The fraction of sp³-hybridized carbons (Fsp3) is 0.850. The summed E-state index contributed by atoms with van der Waals surface area (Å²) in [7, 11) is 4.22. The van der Waals surface area contributed by atoms with Crippen LogP contribution in [0.25, 0.3) is 0 Å². The Labute approximate surface area is 305 Å². The van der Waals surface area contributed by atoms with Crippen LogP contribution in [0.5, 0.6) is 0 Å². The van der Waals surface area contributed by atoms with Crippen molar-refractivity contribution >= 4 is 23.4 Å². The third-order valence-electron chi connectivity index (χ3n) is 16.5. The lowest BCUT2D eigenvalue weighted by atomic mass is 9.34. The molecule has 5 aliphatic rings. The highest BCUT2D eigenvalue weighted by molar-refractivity contribution is 6.28. The number of ketones is 1. The van der Waals surface area contributed by atoms with E-state index in [4.69, 9.17) is 21.1 Å². The Balaban J connectivity index is 1.55. The maximum atomic E-state index is 15.2. The Morgan fingerprint density at radius 3 is 2.38 bits per heavy atom. The molecular formula is C40H63ClN4O5. The smallest absolute Gasteiger partial charge is 0.308 e. The highest BCUT2D eigenvalue weighted by Gasteiger charge is 2.74. The molecule has 1 saturated heterocycles. The summed E-state index contributed by atoms with van der Waals surface area (Å²) in [5, 5.41) is 16.0. The predicted octanol–water partition coefficient (Wildman–Crippen LogP) is 7.60. The normalized spacial score (nSPS) is 43.2. The second-order valence-electron chi connectivity index (χ2n) is 19.2. The van der Waals surface area contributed by atoms with Gasteiger partial charge >= 0.3 is 5.97 Å². The van der Waals surface area contributed by atoms with Crippen LogP contribution in [0.2, 0.25) is 5.28 Å². The molecule has 9 nitrogen and oxygen atoms in total. The SMILES string of the molecule is CC(C)[C@@H](C)[C@@]1(C)CC[C@]2(C)[C@H]3CC[C@@H]4[C@@]5(C)COC[C@@]4(C3=CC(=O)[C@@]2(C)[C@@H]1C(=O)O)[C@@H](OCC(C)(C(C)C)N(C)C)[C@H](n1cnc(Cl)n1)C5. The van der Waals surface area contributed by atoms with Crippen LogP contribution in [-0.2, 0) is 19.1 Å². The zero-order valence-electron chi connectivity index (χ0n) is 32.7. The first-order chi connectivity index (χ1) is 23.1. The number of rotatable bonds is 9. The molecule has 3 saturated carbocycles. The van der Waals surface area contributed by atoms with E-state index in [1.54, 1.807) is 6.33 Å². The minimum Gasteiger partial charge on any atom is -0.481 e. The van der Waals surface area contributed by atoms with Crippen LogP contribution >= 0.6 is 11.6 Å². The van der Waals surface area contributed by atoms with Crippen LogP contribution in [-0.4, -0.2) is 82.1 Å². The van der Waals surface area contributed by atoms with Crippen molar-refractivity contribution in [3.05, 3.63) is 23.3 Å². The van der Waals surface area contributed by atoms with Crippen LogP contribution in [0, 0.1) is 62.6 Å². The van der Waals surface area contributed by atoms with E-state index >= 15 is 4.79 Å². The fourth-order valence-corrected chi connectivity index (χ4v) is 12.5. The van der Waals surface area contributed by atoms with E-state index < -0.39 is 33.5 Å². The average molecular weight is 715 g/mol. The number of likely N-dealkylation sites (N-methyl/N-ethyl adjacent to an activating group) is 1. The van der Waals surface area contributed by atoms with Crippen molar-refractivity contribution in [2.45, 2.75) is 119 Å². The van der Waals surface area contributed by atoms with Crippen LogP contribution < -0.4 is 0 Å². The maximum Gasteiger partial charge on any atom is 0.308 e. The van der Waals surface area contributed by atoms with Crippen molar-refractivity contribution in [2.75, 3.05) is 33.9 Å². The maximum absolute atomic E-state index is 15.2. The molecule has 2 bridgehead atoms. The zero-order chi connectivity index (χ0) is 37.0. The molecule has 0 radical (unpaired) electrons. The van der Waals surface area contributed by atoms with Gasteiger partial charge in [-0.2, -0.15) is 0 Å². The molecule has 4 fully saturated rings. The Hall–Kier alpha value is -1.81.